The Bertz CT molecular complexity index is 1160. The van der Waals surface area contributed by atoms with Crippen molar-refractivity contribution in [2.24, 2.45) is 11.5 Å². The molecule has 0 aliphatic carbocycles. The Morgan fingerprint density at radius 2 is 1.54 bits per heavy atom. The molecule has 0 bridgehead atoms. The fourth-order valence-corrected chi connectivity index (χ4v) is 3.53. The lowest BCUT2D eigenvalue weighted by Crippen LogP contribution is -2.56. The molecule has 0 radical (unpaired) electrons. The summed E-state index contributed by atoms with van der Waals surface area (Å²) in [6.07, 6.45) is 0.635. The van der Waals surface area contributed by atoms with Crippen molar-refractivity contribution in [2.45, 2.75) is 50.2 Å². The number of H-pyrrole nitrogens is 1. The number of nitrogens with two attached hydrogens (primary N) is 2. The van der Waals surface area contributed by atoms with Gasteiger partial charge in [-0.15, -0.1) is 0 Å². The van der Waals surface area contributed by atoms with Gasteiger partial charge in [-0.2, -0.15) is 0 Å². The number of amides is 4. The van der Waals surface area contributed by atoms with E-state index in [9.17, 15) is 28.8 Å². The van der Waals surface area contributed by atoms with Gasteiger partial charge in [-0.1, -0.05) is 18.2 Å². The molecule has 1 aromatic heterocycles. The van der Waals surface area contributed by atoms with Crippen molar-refractivity contribution in [3.8, 4) is 0 Å². The van der Waals surface area contributed by atoms with Gasteiger partial charge in [0.15, 0.2) is 0 Å². The van der Waals surface area contributed by atoms with E-state index in [0.717, 1.165) is 10.9 Å². The Morgan fingerprint density at radius 3 is 2.19 bits per heavy atom. The van der Waals surface area contributed by atoms with Gasteiger partial charge in [0.2, 0.25) is 23.6 Å². The van der Waals surface area contributed by atoms with Gasteiger partial charge < -0.3 is 42.6 Å². The highest BCUT2D eigenvalue weighted by Gasteiger charge is 2.29. The smallest absolute Gasteiger partial charge is 0.322 e. The molecule has 0 aliphatic heterocycles. The minimum Gasteiger partial charge on any atom is -0.481 e. The van der Waals surface area contributed by atoms with Gasteiger partial charge in [-0.05, 0) is 24.5 Å². The third-order valence-corrected chi connectivity index (χ3v) is 5.46. The molecule has 3 atom stereocenters. The van der Waals surface area contributed by atoms with Gasteiger partial charge in [0, 0.05) is 36.4 Å². The van der Waals surface area contributed by atoms with Crippen molar-refractivity contribution < 1.29 is 39.0 Å². The molecular formula is C23H30N6O8. The van der Waals surface area contributed by atoms with Crippen LogP contribution in [0.15, 0.2) is 30.5 Å². The van der Waals surface area contributed by atoms with E-state index in [0.29, 0.717) is 5.56 Å². The topological polar surface area (TPSA) is 247 Å². The normalized spacial score (nSPS) is 13.2. The zero-order valence-electron chi connectivity index (χ0n) is 19.9. The molecule has 14 heteroatoms. The van der Waals surface area contributed by atoms with Gasteiger partial charge in [0.05, 0.1) is 6.04 Å². The molecule has 0 saturated heterocycles. The lowest BCUT2D eigenvalue weighted by atomic mass is 10.0. The number of nitrogens with one attached hydrogen (secondary N) is 4. The summed E-state index contributed by atoms with van der Waals surface area (Å²) in [4.78, 5) is 74.3. The average Bonchev–Trinajstić information content (AvgIpc) is 3.25. The fraction of sp³-hybridized carbons (Fsp3) is 0.391. The van der Waals surface area contributed by atoms with Crippen LogP contribution in [0.3, 0.4) is 0 Å². The standard InChI is InChI=1S/C23H30N6O8/c24-14(5-8-19(31)32)21(35)29-17(9-12-10-26-15-4-2-1-3-13(12)15)23(37)28-16(6-7-18(25)30)22(36)27-11-20(33)34/h1-4,10,14,16-17,26H,5-9,11,24H2,(H2,25,30)(H,27,36)(H,28,37)(H,29,35)(H,31,32)(H,33,34). The summed E-state index contributed by atoms with van der Waals surface area (Å²) in [5, 5.41) is 25.5. The van der Waals surface area contributed by atoms with Crippen molar-refractivity contribution in [3.63, 3.8) is 0 Å². The highest BCUT2D eigenvalue weighted by atomic mass is 16.4. The fourth-order valence-electron chi connectivity index (χ4n) is 3.53. The van der Waals surface area contributed by atoms with Crippen molar-refractivity contribution in [1.29, 1.82) is 0 Å². The monoisotopic (exact) mass is 518 g/mol. The Labute approximate surface area is 211 Å². The van der Waals surface area contributed by atoms with E-state index in [1.165, 1.54) is 0 Å². The van der Waals surface area contributed by atoms with Crippen LogP contribution in [0.25, 0.3) is 10.9 Å². The van der Waals surface area contributed by atoms with E-state index >= 15 is 0 Å². The predicted molar refractivity (Wildman–Crippen MR) is 130 cm³/mol. The molecule has 37 heavy (non-hydrogen) atoms. The van der Waals surface area contributed by atoms with E-state index in [1.807, 2.05) is 18.2 Å². The minimum absolute atomic E-state index is 0.0213. The molecule has 2 aromatic rings. The number of fused-ring (bicyclic) bond motifs is 1. The average molecular weight is 519 g/mol. The number of aromatic nitrogens is 1. The number of hydrogen-bond donors (Lipinski definition) is 8. The van der Waals surface area contributed by atoms with Crippen LogP contribution in [0, 0.1) is 0 Å². The molecule has 0 spiro atoms. The van der Waals surface area contributed by atoms with Crippen LogP contribution < -0.4 is 27.4 Å². The van der Waals surface area contributed by atoms with Crippen LogP contribution in [0.4, 0.5) is 0 Å². The van der Waals surface area contributed by atoms with Crippen molar-refractivity contribution >= 4 is 46.5 Å². The van der Waals surface area contributed by atoms with Gasteiger partial charge in [0.1, 0.15) is 18.6 Å². The molecule has 0 saturated carbocycles. The third kappa shape index (κ3) is 9.25. The number of hydrogen-bond acceptors (Lipinski definition) is 7. The first-order valence-corrected chi connectivity index (χ1v) is 11.4. The largest absolute Gasteiger partial charge is 0.481 e. The second kappa shape index (κ2) is 13.6. The van der Waals surface area contributed by atoms with E-state index in [-0.39, 0.29) is 32.1 Å². The van der Waals surface area contributed by atoms with Gasteiger partial charge in [-0.3, -0.25) is 28.8 Å². The number of aromatic amines is 1. The summed E-state index contributed by atoms with van der Waals surface area (Å²) >= 11 is 0. The number of carboxylic acids is 2. The van der Waals surface area contributed by atoms with Crippen LogP contribution in [-0.4, -0.2) is 75.4 Å². The molecule has 10 N–H and O–H groups in total. The zero-order chi connectivity index (χ0) is 27.5. The lowest BCUT2D eigenvalue weighted by Gasteiger charge is -2.24. The Balaban J connectivity index is 2.26. The number of carbonyl (C=O) groups excluding carboxylic acids is 4. The predicted octanol–water partition coefficient (Wildman–Crippen LogP) is -1.66. The van der Waals surface area contributed by atoms with Crippen molar-refractivity contribution in [2.75, 3.05) is 6.54 Å². The Hall–Kier alpha value is -4.46. The molecule has 3 unspecified atom stereocenters. The third-order valence-electron chi connectivity index (χ3n) is 5.46. The molecule has 4 amide bonds. The number of rotatable bonds is 15. The maximum absolute atomic E-state index is 13.2. The maximum Gasteiger partial charge on any atom is 0.322 e. The minimum atomic E-state index is -1.32. The molecule has 2 rings (SSSR count). The molecule has 1 aromatic carbocycles. The lowest BCUT2D eigenvalue weighted by molar-refractivity contribution is -0.139. The molecule has 14 nitrogen and oxygen atoms in total. The summed E-state index contributed by atoms with van der Waals surface area (Å²) in [5.41, 5.74) is 12.4. The molecule has 200 valence electrons. The van der Waals surface area contributed by atoms with Crippen molar-refractivity contribution in [1.82, 2.24) is 20.9 Å². The summed E-state index contributed by atoms with van der Waals surface area (Å²) < 4.78 is 0. The number of carboxylic acid groups (broad SMARTS) is 2. The van der Waals surface area contributed by atoms with Crippen LogP contribution in [0.2, 0.25) is 0 Å². The number of benzene rings is 1. The van der Waals surface area contributed by atoms with Gasteiger partial charge >= 0.3 is 11.9 Å². The summed E-state index contributed by atoms with van der Waals surface area (Å²) in [5.74, 6) is -5.62. The van der Waals surface area contributed by atoms with E-state index in [2.05, 4.69) is 20.9 Å². The van der Waals surface area contributed by atoms with Crippen molar-refractivity contribution in [3.05, 3.63) is 36.0 Å². The molecular weight excluding hydrogens is 488 g/mol. The first-order chi connectivity index (χ1) is 17.5. The highest BCUT2D eigenvalue weighted by Crippen LogP contribution is 2.19. The summed E-state index contributed by atoms with van der Waals surface area (Å²) in [7, 11) is 0. The van der Waals surface area contributed by atoms with E-state index in [4.69, 9.17) is 21.7 Å². The Morgan fingerprint density at radius 1 is 0.865 bits per heavy atom. The second-order valence-electron chi connectivity index (χ2n) is 8.34. The zero-order valence-corrected chi connectivity index (χ0v) is 19.9. The first-order valence-electron chi connectivity index (χ1n) is 11.4. The number of aliphatic carboxylic acids is 2. The van der Waals surface area contributed by atoms with Crippen LogP contribution in [0.1, 0.15) is 31.2 Å². The van der Waals surface area contributed by atoms with E-state index < -0.39 is 60.2 Å². The number of primary amides is 1. The molecule has 0 aliphatic rings. The summed E-state index contributed by atoms with van der Waals surface area (Å²) in [6, 6.07) is 3.47. The summed E-state index contributed by atoms with van der Waals surface area (Å²) in [6.45, 7) is -0.713. The van der Waals surface area contributed by atoms with Crippen LogP contribution >= 0.6 is 0 Å². The van der Waals surface area contributed by atoms with Crippen LogP contribution in [0.5, 0.6) is 0 Å². The first kappa shape index (κ1) is 28.8. The quantitative estimate of drug-likeness (QED) is 0.134. The van der Waals surface area contributed by atoms with Gasteiger partial charge in [0.25, 0.3) is 0 Å². The van der Waals surface area contributed by atoms with Gasteiger partial charge in [-0.25, -0.2) is 0 Å². The number of carbonyl (C=O) groups is 6. The number of para-hydroxylation sites is 1. The maximum atomic E-state index is 13.2. The SMILES string of the molecule is NC(=O)CCC(NC(=O)C(Cc1c[nH]c2ccccc12)NC(=O)C(N)CCC(=O)O)C(=O)NCC(=O)O. The molecule has 1 heterocycles. The highest BCUT2D eigenvalue weighted by molar-refractivity contribution is 5.94. The van der Waals surface area contributed by atoms with Crippen LogP contribution in [-0.2, 0) is 35.2 Å². The molecule has 0 fully saturated rings. The second-order valence-corrected chi connectivity index (χ2v) is 8.34. The van der Waals surface area contributed by atoms with E-state index in [1.54, 1.807) is 12.3 Å². The Kier molecular flexibility index (Phi) is 10.6.